The number of halogens is 4. The van der Waals surface area contributed by atoms with Crippen molar-refractivity contribution in [2.24, 2.45) is 5.73 Å². The van der Waals surface area contributed by atoms with E-state index in [0.717, 1.165) is 24.3 Å². The molecular weight excluding hydrogens is 266 g/mol. The van der Waals surface area contributed by atoms with E-state index >= 15 is 0 Å². The third-order valence-corrected chi connectivity index (χ3v) is 3.16. The van der Waals surface area contributed by atoms with E-state index in [1.54, 1.807) is 5.41 Å². The van der Waals surface area contributed by atoms with Crippen LogP contribution >= 0.6 is 11.8 Å². The summed E-state index contributed by atoms with van der Waals surface area (Å²) in [5.41, 5.74) is 4.77. The molecule has 0 radical (unpaired) electrons. The highest BCUT2D eigenvalue weighted by Gasteiger charge is 2.31. The third-order valence-electron chi connectivity index (χ3n) is 2.09. The Labute approximate surface area is 107 Å². The van der Waals surface area contributed by atoms with Gasteiger partial charge in [0.2, 0.25) is 0 Å². The molecule has 0 aromatic heterocycles. The molecule has 18 heavy (non-hydrogen) atoms. The summed E-state index contributed by atoms with van der Waals surface area (Å²) in [6.45, 7) is 1.97. The van der Waals surface area contributed by atoms with Crippen LogP contribution in [0.3, 0.4) is 0 Å². The highest BCUT2D eigenvalue weighted by atomic mass is 32.2. The molecule has 1 rings (SSSR count). The lowest BCUT2D eigenvalue weighted by Gasteiger charge is -2.09. The summed E-state index contributed by atoms with van der Waals surface area (Å²) >= 11 is 1.38. The Hall–Kier alpha value is -1.17. The minimum absolute atomic E-state index is 0.0472. The zero-order valence-corrected chi connectivity index (χ0v) is 10.5. The predicted molar refractivity (Wildman–Crippen MR) is 66.3 cm³/mol. The van der Waals surface area contributed by atoms with Crippen molar-refractivity contribution in [3.05, 3.63) is 40.6 Å². The fourth-order valence-electron chi connectivity index (χ4n) is 1.25. The molecule has 0 spiro atoms. The summed E-state index contributed by atoms with van der Waals surface area (Å²) in [6.07, 6.45) is -3.65. The molecule has 6 heteroatoms. The van der Waals surface area contributed by atoms with Crippen LogP contribution in [0.4, 0.5) is 17.6 Å². The first-order valence-corrected chi connectivity index (χ1v) is 6.35. The van der Waals surface area contributed by atoms with Crippen LogP contribution in [-0.2, 0) is 6.18 Å². The molecule has 0 heterocycles. The zero-order valence-electron chi connectivity index (χ0n) is 9.72. The Morgan fingerprint density at radius 1 is 1.33 bits per heavy atom. The van der Waals surface area contributed by atoms with Crippen molar-refractivity contribution in [3.63, 3.8) is 0 Å². The second-order valence-corrected chi connectivity index (χ2v) is 4.65. The molecule has 0 atom stereocenters. The van der Waals surface area contributed by atoms with Gasteiger partial charge in [-0.1, -0.05) is 6.92 Å². The molecule has 0 aliphatic rings. The van der Waals surface area contributed by atoms with Crippen molar-refractivity contribution in [3.8, 4) is 0 Å². The highest BCUT2D eigenvalue weighted by Crippen LogP contribution is 2.31. The molecule has 1 aromatic rings. The lowest BCUT2D eigenvalue weighted by Crippen LogP contribution is -2.07. The quantitative estimate of drug-likeness (QED) is 0.659. The molecule has 1 aromatic carbocycles. The van der Waals surface area contributed by atoms with E-state index in [1.807, 2.05) is 6.92 Å². The van der Waals surface area contributed by atoms with Crippen molar-refractivity contribution in [2.75, 3.05) is 5.75 Å². The van der Waals surface area contributed by atoms with Gasteiger partial charge in [0.25, 0.3) is 0 Å². The van der Waals surface area contributed by atoms with E-state index in [-0.39, 0.29) is 11.3 Å². The van der Waals surface area contributed by atoms with Gasteiger partial charge in [0, 0.05) is 11.3 Å². The van der Waals surface area contributed by atoms with Gasteiger partial charge >= 0.3 is 6.18 Å². The molecule has 2 N–H and O–H groups in total. The molecule has 0 amide bonds. The molecule has 0 saturated carbocycles. The lowest BCUT2D eigenvalue weighted by atomic mass is 10.1. The van der Waals surface area contributed by atoms with Crippen molar-refractivity contribution in [2.45, 2.75) is 19.5 Å². The lowest BCUT2D eigenvalue weighted by molar-refractivity contribution is -0.137. The van der Waals surface area contributed by atoms with Crippen LogP contribution in [-0.4, -0.2) is 5.75 Å². The molecule has 0 bridgehead atoms. The van der Waals surface area contributed by atoms with E-state index in [0.29, 0.717) is 6.07 Å². The van der Waals surface area contributed by atoms with Gasteiger partial charge in [0.1, 0.15) is 5.82 Å². The van der Waals surface area contributed by atoms with Gasteiger partial charge in [0.15, 0.2) is 0 Å². The van der Waals surface area contributed by atoms with Gasteiger partial charge in [-0.05, 0) is 35.8 Å². The smallest absolute Gasteiger partial charge is 0.398 e. The van der Waals surface area contributed by atoms with Crippen molar-refractivity contribution < 1.29 is 17.6 Å². The molecule has 0 saturated heterocycles. The van der Waals surface area contributed by atoms with Crippen molar-refractivity contribution in [1.82, 2.24) is 0 Å². The Kier molecular flexibility index (Phi) is 5.07. The molecule has 0 aliphatic carbocycles. The zero-order chi connectivity index (χ0) is 13.8. The maximum Gasteiger partial charge on any atom is 0.416 e. The monoisotopic (exact) mass is 279 g/mol. The molecule has 0 fully saturated rings. The predicted octanol–water partition coefficient (Wildman–Crippen LogP) is 4.24. The van der Waals surface area contributed by atoms with Gasteiger partial charge in [-0.25, -0.2) is 4.39 Å². The third kappa shape index (κ3) is 4.25. The first kappa shape index (κ1) is 14.9. The summed E-state index contributed by atoms with van der Waals surface area (Å²) in [5.74, 6) is -0.140. The summed E-state index contributed by atoms with van der Waals surface area (Å²) < 4.78 is 50.6. The second-order valence-electron chi connectivity index (χ2n) is 3.67. The van der Waals surface area contributed by atoms with E-state index in [1.165, 1.54) is 11.8 Å². The van der Waals surface area contributed by atoms with Crippen LogP contribution in [0.25, 0.3) is 5.70 Å². The van der Waals surface area contributed by atoms with Crippen LogP contribution in [0, 0.1) is 5.82 Å². The Balaban J connectivity index is 3.03. The summed E-state index contributed by atoms with van der Waals surface area (Å²) in [4.78, 5) is 0. The van der Waals surface area contributed by atoms with Crippen LogP contribution in [0.5, 0.6) is 0 Å². The first-order valence-electron chi connectivity index (χ1n) is 5.30. The first-order chi connectivity index (χ1) is 8.34. The standard InChI is InChI=1S/C12H13F4NS/c1-2-3-18-7-11(17)8-4-9(12(14,15)16)6-10(13)5-8/h4-7H,2-3,17H2,1H3/b11-7-. The Morgan fingerprint density at radius 2 is 2.00 bits per heavy atom. The number of thioether (sulfide) groups is 1. The highest BCUT2D eigenvalue weighted by molar-refractivity contribution is 8.02. The largest absolute Gasteiger partial charge is 0.416 e. The SMILES string of the molecule is CCCS/C=C(\N)c1cc(F)cc(C(F)(F)F)c1. The molecule has 0 unspecified atom stereocenters. The molecular formula is C12H13F4NS. The summed E-state index contributed by atoms with van der Waals surface area (Å²) in [7, 11) is 0. The topological polar surface area (TPSA) is 26.0 Å². The van der Waals surface area contributed by atoms with Crippen LogP contribution in [0.1, 0.15) is 24.5 Å². The number of nitrogens with two attached hydrogens (primary N) is 1. The van der Waals surface area contributed by atoms with E-state index in [2.05, 4.69) is 0 Å². The van der Waals surface area contributed by atoms with E-state index < -0.39 is 17.6 Å². The van der Waals surface area contributed by atoms with E-state index in [4.69, 9.17) is 5.73 Å². The average Bonchev–Trinajstić information content (AvgIpc) is 2.27. The maximum absolute atomic E-state index is 13.1. The summed E-state index contributed by atoms with van der Waals surface area (Å²) in [6, 6.07) is 2.30. The van der Waals surface area contributed by atoms with Crippen LogP contribution in [0.15, 0.2) is 23.6 Å². The van der Waals surface area contributed by atoms with E-state index in [9.17, 15) is 17.6 Å². The van der Waals surface area contributed by atoms with Gasteiger partial charge in [0.05, 0.1) is 5.56 Å². The summed E-state index contributed by atoms with van der Waals surface area (Å²) in [5, 5.41) is 1.54. The Bertz CT molecular complexity index is 440. The number of rotatable bonds is 4. The fraction of sp³-hybridized carbons (Fsp3) is 0.333. The fourth-order valence-corrected chi connectivity index (χ4v) is 1.92. The molecule has 100 valence electrons. The van der Waals surface area contributed by atoms with Crippen LogP contribution in [0.2, 0.25) is 0 Å². The average molecular weight is 279 g/mol. The van der Waals surface area contributed by atoms with Crippen molar-refractivity contribution in [1.29, 1.82) is 0 Å². The number of hydrogen-bond acceptors (Lipinski definition) is 2. The normalized spacial score (nSPS) is 12.8. The molecule has 1 nitrogen and oxygen atoms in total. The number of benzene rings is 1. The van der Waals surface area contributed by atoms with Crippen molar-refractivity contribution >= 4 is 17.5 Å². The van der Waals surface area contributed by atoms with Gasteiger partial charge < -0.3 is 5.73 Å². The van der Waals surface area contributed by atoms with Gasteiger partial charge in [-0.15, -0.1) is 11.8 Å². The maximum atomic E-state index is 13.1. The second kappa shape index (κ2) is 6.13. The molecule has 0 aliphatic heterocycles. The van der Waals surface area contributed by atoms with Crippen LogP contribution < -0.4 is 5.73 Å². The van der Waals surface area contributed by atoms with Gasteiger partial charge in [-0.2, -0.15) is 13.2 Å². The minimum atomic E-state index is -4.58. The minimum Gasteiger partial charge on any atom is -0.398 e. The number of hydrogen-bond donors (Lipinski definition) is 1. The number of alkyl halides is 3. The van der Waals surface area contributed by atoms with Gasteiger partial charge in [-0.3, -0.25) is 0 Å². The Morgan fingerprint density at radius 3 is 2.56 bits per heavy atom.